The van der Waals surface area contributed by atoms with E-state index in [0.717, 1.165) is 11.3 Å². The van der Waals surface area contributed by atoms with Crippen LogP contribution in [-0.4, -0.2) is 38.1 Å². The highest BCUT2D eigenvalue weighted by Crippen LogP contribution is 2.45. The topological polar surface area (TPSA) is 98.0 Å². The highest BCUT2D eigenvalue weighted by atomic mass is 32.1. The standard InChI is InChI=1S/C22H32O5S/c1-4-6-10-20(24)22(27,21(25)26)17-9-7-8-16(17)18(23)13-15(5-2)19-12-11-14(3)28-19/h4,6,11-13,15-17,20,23-24,27H,5,7-10H2,1-3H3,(H,25,26)/b6-4-,18-13+/t15-,16-,17?,20-,22?/m1/s1. The number of aliphatic hydroxyl groups excluding tert-OH is 2. The van der Waals surface area contributed by atoms with E-state index in [1.807, 2.05) is 19.9 Å². The molecule has 1 aliphatic carbocycles. The zero-order valence-electron chi connectivity index (χ0n) is 16.8. The minimum absolute atomic E-state index is 0.0471. The van der Waals surface area contributed by atoms with Crippen LogP contribution in [0.15, 0.2) is 36.1 Å². The Morgan fingerprint density at radius 2 is 2.07 bits per heavy atom. The van der Waals surface area contributed by atoms with E-state index in [9.17, 15) is 25.2 Å². The zero-order chi connectivity index (χ0) is 20.9. The van der Waals surface area contributed by atoms with Crippen molar-refractivity contribution in [2.75, 3.05) is 0 Å². The summed E-state index contributed by atoms with van der Waals surface area (Å²) < 4.78 is 0. The first kappa shape index (κ1) is 22.7. The molecule has 156 valence electrons. The summed E-state index contributed by atoms with van der Waals surface area (Å²) in [7, 11) is 0. The Hall–Kier alpha value is -1.63. The molecule has 1 saturated carbocycles. The first-order chi connectivity index (χ1) is 13.2. The fraction of sp³-hybridized carbons (Fsp3) is 0.591. The van der Waals surface area contributed by atoms with E-state index in [0.29, 0.717) is 19.3 Å². The lowest BCUT2D eigenvalue weighted by Crippen LogP contribution is -2.56. The quantitative estimate of drug-likeness (QED) is 0.355. The van der Waals surface area contributed by atoms with E-state index < -0.39 is 29.5 Å². The van der Waals surface area contributed by atoms with Crippen LogP contribution in [-0.2, 0) is 4.79 Å². The largest absolute Gasteiger partial charge is 0.512 e. The molecular formula is C22H32O5S. The predicted octanol–water partition coefficient (Wildman–Crippen LogP) is 4.55. The maximum atomic E-state index is 12.0. The molecule has 0 amide bonds. The van der Waals surface area contributed by atoms with Crippen molar-refractivity contribution in [1.29, 1.82) is 0 Å². The van der Waals surface area contributed by atoms with Gasteiger partial charge in [-0.15, -0.1) is 11.3 Å². The van der Waals surface area contributed by atoms with Gasteiger partial charge >= 0.3 is 5.97 Å². The van der Waals surface area contributed by atoms with Crippen LogP contribution in [0.25, 0.3) is 0 Å². The Labute approximate surface area is 171 Å². The van der Waals surface area contributed by atoms with Crippen molar-refractivity contribution < 1.29 is 25.2 Å². The van der Waals surface area contributed by atoms with Crippen molar-refractivity contribution >= 4 is 17.3 Å². The molecule has 1 fully saturated rings. The highest BCUT2D eigenvalue weighted by molar-refractivity contribution is 7.12. The van der Waals surface area contributed by atoms with Gasteiger partial charge in [0.2, 0.25) is 0 Å². The van der Waals surface area contributed by atoms with Crippen molar-refractivity contribution in [2.45, 2.75) is 70.5 Å². The summed E-state index contributed by atoms with van der Waals surface area (Å²) in [4.78, 5) is 14.3. The fourth-order valence-corrected chi connectivity index (χ4v) is 5.25. The third-order valence-electron chi connectivity index (χ3n) is 5.85. The highest BCUT2D eigenvalue weighted by Gasteiger charge is 2.54. The molecule has 5 atom stereocenters. The molecule has 0 aromatic carbocycles. The molecular weight excluding hydrogens is 376 g/mol. The number of carboxylic acid groups (broad SMARTS) is 1. The average Bonchev–Trinajstić information content (AvgIpc) is 3.32. The zero-order valence-corrected chi connectivity index (χ0v) is 17.7. The molecule has 0 aliphatic heterocycles. The molecule has 1 heterocycles. The van der Waals surface area contributed by atoms with E-state index in [4.69, 9.17) is 0 Å². The summed E-state index contributed by atoms with van der Waals surface area (Å²) in [5.74, 6) is -2.47. The van der Waals surface area contributed by atoms with Crippen molar-refractivity contribution in [3.63, 3.8) is 0 Å². The van der Waals surface area contributed by atoms with Crippen LogP contribution in [0, 0.1) is 18.8 Å². The number of aliphatic hydroxyl groups is 3. The van der Waals surface area contributed by atoms with Crippen molar-refractivity contribution in [1.82, 2.24) is 0 Å². The minimum atomic E-state index is -2.29. The van der Waals surface area contributed by atoms with Gasteiger partial charge in [-0.3, -0.25) is 0 Å². The molecule has 4 N–H and O–H groups in total. The van der Waals surface area contributed by atoms with Crippen LogP contribution in [0.3, 0.4) is 0 Å². The van der Waals surface area contributed by atoms with Gasteiger partial charge in [-0.1, -0.05) is 25.5 Å². The van der Waals surface area contributed by atoms with Gasteiger partial charge in [-0.2, -0.15) is 0 Å². The molecule has 0 bridgehead atoms. The summed E-state index contributed by atoms with van der Waals surface area (Å²) in [6.45, 7) is 5.86. The van der Waals surface area contributed by atoms with Crippen molar-refractivity contribution in [3.05, 3.63) is 45.9 Å². The van der Waals surface area contributed by atoms with Crippen molar-refractivity contribution in [3.8, 4) is 0 Å². The number of rotatable bonds is 9. The van der Waals surface area contributed by atoms with Gasteiger partial charge in [0, 0.05) is 27.5 Å². The normalized spacial score (nSPS) is 25.0. The number of carbonyl (C=O) groups is 1. The molecule has 0 spiro atoms. The molecule has 1 aromatic heterocycles. The molecule has 0 radical (unpaired) electrons. The van der Waals surface area contributed by atoms with Crippen molar-refractivity contribution in [2.24, 2.45) is 11.8 Å². The van der Waals surface area contributed by atoms with E-state index in [1.165, 1.54) is 4.88 Å². The molecule has 1 aromatic rings. The van der Waals surface area contributed by atoms with Crippen LogP contribution in [0.5, 0.6) is 0 Å². The Kier molecular flexibility index (Phi) is 7.87. The number of allylic oxidation sites excluding steroid dienone is 3. The maximum Gasteiger partial charge on any atom is 0.338 e. The third-order valence-corrected chi connectivity index (χ3v) is 6.98. The van der Waals surface area contributed by atoms with E-state index >= 15 is 0 Å². The van der Waals surface area contributed by atoms with Crippen LogP contribution < -0.4 is 0 Å². The molecule has 0 saturated heterocycles. The molecule has 2 rings (SSSR count). The van der Waals surface area contributed by atoms with Crippen LogP contribution in [0.4, 0.5) is 0 Å². The van der Waals surface area contributed by atoms with Gasteiger partial charge in [0.25, 0.3) is 0 Å². The number of aliphatic carboxylic acids is 1. The minimum Gasteiger partial charge on any atom is -0.512 e. The summed E-state index contributed by atoms with van der Waals surface area (Å²) in [6.07, 6.45) is 6.35. The predicted molar refractivity (Wildman–Crippen MR) is 112 cm³/mol. The van der Waals surface area contributed by atoms with Crippen LogP contribution in [0.2, 0.25) is 0 Å². The van der Waals surface area contributed by atoms with Gasteiger partial charge in [0.1, 0.15) is 0 Å². The lowest BCUT2D eigenvalue weighted by Gasteiger charge is -2.37. The van der Waals surface area contributed by atoms with Gasteiger partial charge in [0.15, 0.2) is 5.60 Å². The lowest BCUT2D eigenvalue weighted by molar-refractivity contribution is -0.184. The molecule has 1 aliphatic rings. The maximum absolute atomic E-state index is 12.0. The van der Waals surface area contributed by atoms with E-state index in [2.05, 4.69) is 6.07 Å². The summed E-state index contributed by atoms with van der Waals surface area (Å²) in [6, 6.07) is 4.10. The second-order valence-corrected chi connectivity index (χ2v) is 8.97. The molecule has 2 unspecified atom stereocenters. The van der Waals surface area contributed by atoms with E-state index in [-0.39, 0.29) is 18.1 Å². The summed E-state index contributed by atoms with van der Waals surface area (Å²) in [5, 5.41) is 42.0. The number of aryl methyl sites for hydroxylation is 1. The van der Waals surface area contributed by atoms with Gasteiger partial charge < -0.3 is 20.4 Å². The van der Waals surface area contributed by atoms with E-state index in [1.54, 1.807) is 36.5 Å². The van der Waals surface area contributed by atoms with Gasteiger partial charge in [-0.05, 0) is 57.7 Å². The SMILES string of the molecule is C/C=C\C[C@@H](O)C(O)(C(=O)O)C1CCC[C@H]1/C(O)=C\[C@@H](CC)c1ccc(C)s1. The number of hydrogen-bond acceptors (Lipinski definition) is 5. The number of thiophene rings is 1. The first-order valence-electron chi connectivity index (χ1n) is 9.97. The molecule has 28 heavy (non-hydrogen) atoms. The van der Waals surface area contributed by atoms with Crippen LogP contribution >= 0.6 is 11.3 Å². The average molecular weight is 409 g/mol. The molecule has 6 heteroatoms. The summed E-state index contributed by atoms with van der Waals surface area (Å²) >= 11 is 1.68. The second kappa shape index (κ2) is 9.72. The monoisotopic (exact) mass is 408 g/mol. The fourth-order valence-electron chi connectivity index (χ4n) is 4.22. The smallest absolute Gasteiger partial charge is 0.338 e. The lowest BCUT2D eigenvalue weighted by atomic mass is 9.74. The number of hydrogen-bond donors (Lipinski definition) is 4. The second-order valence-electron chi connectivity index (χ2n) is 7.65. The molecule has 5 nitrogen and oxygen atoms in total. The Bertz CT molecular complexity index is 722. The summed E-state index contributed by atoms with van der Waals surface area (Å²) in [5.41, 5.74) is -2.29. The Morgan fingerprint density at radius 3 is 2.61 bits per heavy atom. The van der Waals surface area contributed by atoms with Crippen LogP contribution in [0.1, 0.15) is 61.6 Å². The number of carboxylic acids is 1. The van der Waals surface area contributed by atoms with Gasteiger partial charge in [0.05, 0.1) is 11.9 Å². The Balaban J connectivity index is 2.31. The van der Waals surface area contributed by atoms with Gasteiger partial charge in [-0.25, -0.2) is 4.79 Å². The third kappa shape index (κ3) is 4.67. The Morgan fingerprint density at radius 1 is 1.36 bits per heavy atom. The first-order valence-corrected chi connectivity index (χ1v) is 10.8.